The highest BCUT2D eigenvalue weighted by Gasteiger charge is 2.41. The molecule has 2 atom stereocenters. The third-order valence-corrected chi connectivity index (χ3v) is 8.18. The number of piperidine rings is 1. The molecule has 10 nitrogen and oxygen atoms in total. The van der Waals surface area contributed by atoms with Crippen molar-refractivity contribution in [2.45, 2.75) is 44.9 Å². The van der Waals surface area contributed by atoms with Gasteiger partial charge in [-0.15, -0.1) is 0 Å². The molecular weight excluding hydrogens is 532 g/mol. The maximum atomic E-state index is 12.2. The SMILES string of the molecule is CC1=NC(C)=C(C(=O)O)C(c2cccc(N(C)C(=NCCCN3CCC(c4ccccc4)CC3)NC#N)c2)C1C(=O)O. The van der Waals surface area contributed by atoms with Crippen molar-refractivity contribution in [3.8, 4) is 6.19 Å². The van der Waals surface area contributed by atoms with Crippen molar-refractivity contribution in [3.63, 3.8) is 0 Å². The van der Waals surface area contributed by atoms with Crippen LogP contribution in [-0.4, -0.2) is 71.9 Å². The first kappa shape index (κ1) is 30.5. The predicted molar refractivity (Wildman–Crippen MR) is 163 cm³/mol. The Morgan fingerprint density at radius 1 is 1.10 bits per heavy atom. The summed E-state index contributed by atoms with van der Waals surface area (Å²) < 4.78 is 0. The second-order valence-corrected chi connectivity index (χ2v) is 10.8. The summed E-state index contributed by atoms with van der Waals surface area (Å²) in [5.74, 6) is -3.39. The molecule has 0 radical (unpaired) electrons. The van der Waals surface area contributed by atoms with Gasteiger partial charge in [-0.1, -0.05) is 42.5 Å². The van der Waals surface area contributed by atoms with Gasteiger partial charge in [0.05, 0.1) is 5.57 Å². The predicted octanol–water partition coefficient (Wildman–Crippen LogP) is 4.44. The second-order valence-electron chi connectivity index (χ2n) is 10.8. The Morgan fingerprint density at radius 2 is 1.79 bits per heavy atom. The molecule has 42 heavy (non-hydrogen) atoms. The molecule has 2 aliphatic heterocycles. The average molecular weight is 571 g/mol. The van der Waals surface area contributed by atoms with Crippen LogP contribution in [0.25, 0.3) is 0 Å². The lowest BCUT2D eigenvalue weighted by molar-refractivity contribution is -0.140. The normalized spacial score (nSPS) is 20.0. The number of hydrogen-bond donors (Lipinski definition) is 3. The van der Waals surface area contributed by atoms with Crippen LogP contribution in [0.15, 0.2) is 75.9 Å². The summed E-state index contributed by atoms with van der Waals surface area (Å²) in [5, 5.41) is 32.0. The third-order valence-electron chi connectivity index (χ3n) is 8.18. The highest BCUT2D eigenvalue weighted by molar-refractivity contribution is 6.06. The van der Waals surface area contributed by atoms with E-state index >= 15 is 0 Å². The summed E-state index contributed by atoms with van der Waals surface area (Å²) in [5.41, 5.74) is 3.20. The van der Waals surface area contributed by atoms with E-state index in [1.165, 1.54) is 5.56 Å². The number of carbonyl (C=O) groups is 2. The van der Waals surface area contributed by atoms with Crippen LogP contribution in [0, 0.1) is 17.4 Å². The molecule has 0 saturated carbocycles. The Morgan fingerprint density at radius 3 is 2.43 bits per heavy atom. The van der Waals surface area contributed by atoms with Crippen LogP contribution in [0.3, 0.4) is 0 Å². The molecule has 3 N–H and O–H groups in total. The van der Waals surface area contributed by atoms with Crippen molar-refractivity contribution in [2.75, 3.05) is 38.1 Å². The fraction of sp³-hybridized carbons (Fsp3) is 0.406. The lowest BCUT2D eigenvalue weighted by Crippen LogP contribution is -2.37. The van der Waals surface area contributed by atoms with Crippen LogP contribution in [0.2, 0.25) is 0 Å². The van der Waals surface area contributed by atoms with E-state index in [1.54, 1.807) is 44.0 Å². The molecule has 0 amide bonds. The number of benzene rings is 2. The van der Waals surface area contributed by atoms with Crippen LogP contribution < -0.4 is 10.2 Å². The first-order valence-corrected chi connectivity index (χ1v) is 14.2. The quantitative estimate of drug-likeness (QED) is 0.132. The zero-order chi connectivity index (χ0) is 30.2. The van der Waals surface area contributed by atoms with Gasteiger partial charge in [0.25, 0.3) is 0 Å². The lowest BCUT2D eigenvalue weighted by atomic mass is 9.75. The number of carboxylic acids is 2. The average Bonchev–Trinajstić information content (AvgIpc) is 2.98. The molecular formula is C32H38N6O4. The largest absolute Gasteiger partial charge is 0.481 e. The first-order chi connectivity index (χ1) is 20.2. The number of likely N-dealkylation sites (tertiary alicyclic amines) is 1. The number of aliphatic carboxylic acids is 2. The smallest absolute Gasteiger partial charge is 0.334 e. The summed E-state index contributed by atoms with van der Waals surface area (Å²) in [6.07, 6.45) is 5.07. The van der Waals surface area contributed by atoms with E-state index in [0.717, 1.165) is 38.9 Å². The van der Waals surface area contributed by atoms with Crippen LogP contribution >= 0.6 is 0 Å². The van der Waals surface area contributed by atoms with Gasteiger partial charge in [-0.3, -0.25) is 20.1 Å². The number of nitriles is 1. The number of allylic oxidation sites excluding steroid dienone is 1. The van der Waals surface area contributed by atoms with Gasteiger partial charge in [0.1, 0.15) is 5.92 Å². The minimum atomic E-state index is -1.20. The van der Waals surface area contributed by atoms with Crippen molar-refractivity contribution >= 4 is 29.3 Å². The van der Waals surface area contributed by atoms with Crippen LogP contribution in [0.1, 0.15) is 56.1 Å². The highest BCUT2D eigenvalue weighted by atomic mass is 16.4. The molecule has 2 unspecified atom stereocenters. The fourth-order valence-electron chi connectivity index (χ4n) is 6.02. The van der Waals surface area contributed by atoms with E-state index in [1.807, 2.05) is 12.3 Å². The number of rotatable bonds is 9. The molecule has 2 aromatic rings. The monoisotopic (exact) mass is 570 g/mol. The number of hydrogen-bond acceptors (Lipinski definition) is 6. The molecule has 1 fully saturated rings. The van der Waals surface area contributed by atoms with Gasteiger partial charge in [0, 0.05) is 36.6 Å². The number of aliphatic imine (C=N–C) groups is 2. The molecule has 220 valence electrons. The van der Waals surface area contributed by atoms with E-state index in [-0.39, 0.29) is 5.57 Å². The summed E-state index contributed by atoms with van der Waals surface area (Å²) in [6, 6.07) is 17.7. The van der Waals surface area contributed by atoms with Crippen LogP contribution in [-0.2, 0) is 9.59 Å². The molecule has 0 spiro atoms. The van der Waals surface area contributed by atoms with E-state index in [4.69, 9.17) is 0 Å². The summed E-state index contributed by atoms with van der Waals surface area (Å²) in [7, 11) is 1.76. The van der Waals surface area contributed by atoms with Gasteiger partial charge in [-0.25, -0.2) is 4.79 Å². The Kier molecular flexibility index (Phi) is 10.1. The minimum absolute atomic E-state index is 0.0374. The Bertz CT molecular complexity index is 1420. The number of nitrogens with one attached hydrogen (secondary N) is 1. The van der Waals surface area contributed by atoms with Crippen molar-refractivity contribution in [2.24, 2.45) is 15.9 Å². The van der Waals surface area contributed by atoms with E-state index in [0.29, 0.717) is 41.1 Å². The number of carboxylic acid groups (broad SMARTS) is 2. The van der Waals surface area contributed by atoms with Gasteiger partial charge in [-0.05, 0) is 81.9 Å². The topological polar surface area (TPSA) is 142 Å². The molecule has 4 rings (SSSR count). The molecule has 2 aromatic carbocycles. The van der Waals surface area contributed by atoms with Crippen LogP contribution in [0.4, 0.5) is 5.69 Å². The lowest BCUT2D eigenvalue weighted by Gasteiger charge is -2.32. The fourth-order valence-corrected chi connectivity index (χ4v) is 6.02. The molecule has 2 heterocycles. The molecule has 0 aliphatic carbocycles. The van der Waals surface area contributed by atoms with Gasteiger partial charge in [-0.2, -0.15) is 5.26 Å². The van der Waals surface area contributed by atoms with Crippen molar-refractivity contribution in [1.82, 2.24) is 10.2 Å². The zero-order valence-electron chi connectivity index (χ0n) is 24.3. The molecule has 0 bridgehead atoms. The van der Waals surface area contributed by atoms with E-state index in [2.05, 4.69) is 50.5 Å². The maximum Gasteiger partial charge on any atom is 0.334 e. The summed E-state index contributed by atoms with van der Waals surface area (Å²) in [4.78, 5) is 37.4. The summed E-state index contributed by atoms with van der Waals surface area (Å²) in [6.45, 7) is 6.74. The van der Waals surface area contributed by atoms with Gasteiger partial charge in [0.2, 0.25) is 5.96 Å². The van der Waals surface area contributed by atoms with Crippen LogP contribution in [0.5, 0.6) is 0 Å². The highest BCUT2D eigenvalue weighted by Crippen LogP contribution is 2.40. The second kappa shape index (κ2) is 13.9. The Labute approximate surface area is 246 Å². The number of nitrogens with zero attached hydrogens (tertiary/aromatic N) is 5. The van der Waals surface area contributed by atoms with E-state index in [9.17, 15) is 25.1 Å². The number of guanidine groups is 1. The van der Waals surface area contributed by atoms with Crippen molar-refractivity contribution in [1.29, 1.82) is 5.26 Å². The first-order valence-electron chi connectivity index (χ1n) is 14.2. The Balaban J connectivity index is 1.43. The van der Waals surface area contributed by atoms with Gasteiger partial charge < -0.3 is 20.0 Å². The molecule has 10 heteroatoms. The third kappa shape index (κ3) is 7.04. The Hall–Kier alpha value is -4.49. The maximum absolute atomic E-state index is 12.2. The molecule has 1 saturated heterocycles. The van der Waals surface area contributed by atoms with E-state index < -0.39 is 23.8 Å². The van der Waals surface area contributed by atoms with Crippen molar-refractivity contribution < 1.29 is 19.8 Å². The van der Waals surface area contributed by atoms with Gasteiger partial charge in [0.15, 0.2) is 6.19 Å². The van der Waals surface area contributed by atoms with Crippen molar-refractivity contribution in [3.05, 3.63) is 77.0 Å². The minimum Gasteiger partial charge on any atom is -0.481 e. The standard InChI is InChI=1S/C32H38N6O4/c1-21-27(30(39)40)29(28(31(41)42)22(2)36-21)25-11-7-12-26(19-25)37(3)32(35-20-33)34-15-8-16-38-17-13-24(14-18-38)23-9-5-4-6-10-23/h4-7,9-12,19,24,27,29H,8,13-18H2,1-3H3,(H,34,35)(H,39,40)(H,41,42). The molecule has 2 aliphatic rings. The molecule has 0 aromatic heterocycles. The van der Waals surface area contributed by atoms with Gasteiger partial charge >= 0.3 is 11.9 Å². The zero-order valence-corrected chi connectivity index (χ0v) is 24.3. The number of anilines is 1. The summed E-state index contributed by atoms with van der Waals surface area (Å²) >= 11 is 0.